The molecule has 1 aliphatic rings. The van der Waals surface area contributed by atoms with Gasteiger partial charge >= 0.3 is 0 Å². The molecule has 0 atom stereocenters. The number of morpholine rings is 1. The molecule has 1 N–H and O–H groups in total. The number of fused-ring (bicyclic) bond motifs is 1. The molecule has 1 aromatic heterocycles. The van der Waals surface area contributed by atoms with Crippen LogP contribution in [0.5, 0.6) is 0 Å². The molecular weight excluding hydrogens is 364 g/mol. The van der Waals surface area contributed by atoms with Gasteiger partial charge in [-0.25, -0.2) is 4.98 Å². The molecule has 27 heavy (non-hydrogen) atoms. The summed E-state index contributed by atoms with van der Waals surface area (Å²) in [5.74, 6) is 0.289. The second-order valence-electron chi connectivity index (χ2n) is 7.55. The van der Waals surface area contributed by atoms with Crippen molar-refractivity contribution in [2.24, 2.45) is 0 Å². The summed E-state index contributed by atoms with van der Waals surface area (Å²) in [4.78, 5) is 31.3. The molecule has 1 aliphatic heterocycles. The zero-order chi connectivity index (χ0) is 19.4. The maximum Gasteiger partial charge on any atom is 0.240 e. The highest BCUT2D eigenvalue weighted by molar-refractivity contribution is 7.99. The Labute approximate surface area is 163 Å². The van der Waals surface area contributed by atoms with E-state index in [4.69, 9.17) is 4.74 Å². The van der Waals surface area contributed by atoms with Gasteiger partial charge in [0.05, 0.1) is 30.0 Å². The number of benzene rings is 1. The van der Waals surface area contributed by atoms with E-state index in [1.54, 1.807) is 0 Å². The van der Waals surface area contributed by atoms with Crippen molar-refractivity contribution in [2.45, 2.75) is 38.0 Å². The van der Waals surface area contributed by atoms with E-state index < -0.39 is 0 Å². The number of amides is 2. The maximum atomic E-state index is 12.4. The molecule has 8 heteroatoms. The van der Waals surface area contributed by atoms with Gasteiger partial charge in [-0.2, -0.15) is 0 Å². The summed E-state index contributed by atoms with van der Waals surface area (Å²) in [7, 11) is 0. The van der Waals surface area contributed by atoms with E-state index in [1.807, 2.05) is 54.5 Å². The molecule has 0 unspecified atom stereocenters. The Morgan fingerprint density at radius 3 is 2.63 bits per heavy atom. The van der Waals surface area contributed by atoms with Crippen LogP contribution in [-0.4, -0.2) is 63.9 Å². The number of rotatable bonds is 5. The molecule has 0 bridgehead atoms. The molecule has 0 spiro atoms. The van der Waals surface area contributed by atoms with Crippen LogP contribution in [0, 0.1) is 0 Å². The van der Waals surface area contributed by atoms with E-state index >= 15 is 0 Å². The monoisotopic (exact) mass is 390 g/mol. The Bertz CT molecular complexity index is 822. The normalized spacial score (nSPS) is 15.1. The second-order valence-corrected chi connectivity index (χ2v) is 8.49. The summed E-state index contributed by atoms with van der Waals surface area (Å²) in [6.07, 6.45) is 0. The third-order valence-electron chi connectivity index (χ3n) is 4.12. The third-order valence-corrected chi connectivity index (χ3v) is 5.09. The number of hydrogen-bond donors (Lipinski definition) is 1. The summed E-state index contributed by atoms with van der Waals surface area (Å²) < 4.78 is 7.18. The Kier molecular flexibility index (Phi) is 6.06. The van der Waals surface area contributed by atoms with Gasteiger partial charge in [-0.15, -0.1) is 0 Å². The Morgan fingerprint density at radius 2 is 1.93 bits per heavy atom. The fourth-order valence-electron chi connectivity index (χ4n) is 2.95. The minimum Gasteiger partial charge on any atom is -0.378 e. The number of carbonyl (C=O) groups is 2. The molecule has 1 saturated heterocycles. The average molecular weight is 391 g/mol. The quantitative estimate of drug-likeness (QED) is 0.789. The molecule has 3 rings (SSSR count). The lowest BCUT2D eigenvalue weighted by Gasteiger charge is -2.26. The topological polar surface area (TPSA) is 76.5 Å². The lowest BCUT2D eigenvalue weighted by atomic mass is 10.1. The average Bonchev–Trinajstić information content (AvgIpc) is 2.96. The lowest BCUT2D eigenvalue weighted by molar-refractivity contribution is -0.132. The van der Waals surface area contributed by atoms with Gasteiger partial charge in [-0.05, 0) is 32.9 Å². The number of aromatic nitrogens is 2. The molecule has 1 fully saturated rings. The summed E-state index contributed by atoms with van der Waals surface area (Å²) in [6, 6.07) is 7.71. The van der Waals surface area contributed by atoms with Crippen LogP contribution in [-0.2, 0) is 20.9 Å². The van der Waals surface area contributed by atoms with Crippen molar-refractivity contribution in [1.82, 2.24) is 19.8 Å². The minimum absolute atomic E-state index is 0.0704. The van der Waals surface area contributed by atoms with Gasteiger partial charge in [0.1, 0.15) is 6.54 Å². The first-order valence-electron chi connectivity index (χ1n) is 9.08. The smallest absolute Gasteiger partial charge is 0.240 e. The van der Waals surface area contributed by atoms with Gasteiger partial charge in [0.15, 0.2) is 5.16 Å². The van der Waals surface area contributed by atoms with Crippen molar-refractivity contribution >= 4 is 34.6 Å². The van der Waals surface area contributed by atoms with Gasteiger partial charge in [0.2, 0.25) is 11.8 Å². The number of nitrogens with zero attached hydrogens (tertiary/aromatic N) is 3. The highest BCUT2D eigenvalue weighted by Gasteiger charge is 2.21. The first-order valence-corrected chi connectivity index (χ1v) is 10.1. The van der Waals surface area contributed by atoms with Crippen molar-refractivity contribution in [3.8, 4) is 0 Å². The number of hydrogen-bond acceptors (Lipinski definition) is 5. The number of ether oxygens (including phenoxy) is 1. The summed E-state index contributed by atoms with van der Waals surface area (Å²) in [5, 5.41) is 3.66. The standard InChI is InChI=1S/C19H26N4O3S/c1-19(2,3)21-16(24)12-23-15-7-5-4-6-14(15)20-18(23)27-13-17(25)22-8-10-26-11-9-22/h4-7H,8-13H2,1-3H3,(H,21,24). The van der Waals surface area contributed by atoms with Crippen LogP contribution in [0.3, 0.4) is 0 Å². The lowest BCUT2D eigenvalue weighted by Crippen LogP contribution is -2.42. The Morgan fingerprint density at radius 1 is 1.22 bits per heavy atom. The van der Waals surface area contributed by atoms with Crippen molar-refractivity contribution < 1.29 is 14.3 Å². The van der Waals surface area contributed by atoms with Gasteiger partial charge < -0.3 is 19.5 Å². The third kappa shape index (κ3) is 5.23. The molecule has 0 aliphatic carbocycles. The Hall–Kier alpha value is -2.06. The predicted octanol–water partition coefficient (Wildman–Crippen LogP) is 1.90. The first kappa shape index (κ1) is 19.7. The fraction of sp³-hybridized carbons (Fsp3) is 0.526. The highest BCUT2D eigenvalue weighted by atomic mass is 32.2. The van der Waals surface area contributed by atoms with E-state index in [0.29, 0.717) is 37.2 Å². The fourth-order valence-corrected chi connectivity index (χ4v) is 3.86. The molecule has 7 nitrogen and oxygen atoms in total. The highest BCUT2D eigenvalue weighted by Crippen LogP contribution is 2.24. The van der Waals surface area contributed by atoms with Crippen LogP contribution in [0.15, 0.2) is 29.4 Å². The predicted molar refractivity (Wildman–Crippen MR) is 106 cm³/mol. The van der Waals surface area contributed by atoms with Crippen LogP contribution in [0.4, 0.5) is 0 Å². The second kappa shape index (κ2) is 8.31. The van der Waals surface area contributed by atoms with E-state index in [0.717, 1.165) is 11.0 Å². The van der Waals surface area contributed by atoms with Crippen LogP contribution >= 0.6 is 11.8 Å². The SMILES string of the molecule is CC(C)(C)NC(=O)Cn1c(SCC(=O)N2CCOCC2)nc2ccccc21. The van der Waals surface area contributed by atoms with Crippen molar-refractivity contribution in [2.75, 3.05) is 32.1 Å². The van der Waals surface area contributed by atoms with Crippen molar-refractivity contribution in [1.29, 1.82) is 0 Å². The molecule has 1 aromatic carbocycles. The summed E-state index contributed by atoms with van der Waals surface area (Å²) in [6.45, 7) is 8.46. The largest absolute Gasteiger partial charge is 0.378 e. The van der Waals surface area contributed by atoms with Crippen molar-refractivity contribution in [3.63, 3.8) is 0 Å². The molecule has 0 saturated carbocycles. The summed E-state index contributed by atoms with van der Waals surface area (Å²) >= 11 is 1.37. The zero-order valence-electron chi connectivity index (χ0n) is 16.0. The van der Waals surface area contributed by atoms with Crippen LogP contribution in [0.1, 0.15) is 20.8 Å². The number of nitrogens with one attached hydrogen (secondary N) is 1. The maximum absolute atomic E-state index is 12.4. The number of imidazole rings is 1. The van der Waals surface area contributed by atoms with Crippen LogP contribution in [0.25, 0.3) is 11.0 Å². The zero-order valence-corrected chi connectivity index (χ0v) is 16.8. The molecular formula is C19H26N4O3S. The Balaban J connectivity index is 1.75. The van der Waals surface area contributed by atoms with E-state index in [2.05, 4.69) is 10.3 Å². The van der Waals surface area contributed by atoms with Gasteiger partial charge in [0, 0.05) is 18.6 Å². The molecule has 0 radical (unpaired) electrons. The van der Waals surface area contributed by atoms with Gasteiger partial charge in [0.25, 0.3) is 0 Å². The molecule has 2 aromatic rings. The number of carbonyl (C=O) groups excluding carboxylic acids is 2. The van der Waals surface area contributed by atoms with E-state index in [1.165, 1.54) is 11.8 Å². The van der Waals surface area contributed by atoms with Crippen molar-refractivity contribution in [3.05, 3.63) is 24.3 Å². The number of thioether (sulfide) groups is 1. The molecule has 2 amide bonds. The van der Waals surface area contributed by atoms with E-state index in [-0.39, 0.29) is 23.9 Å². The summed E-state index contributed by atoms with van der Waals surface area (Å²) in [5.41, 5.74) is 1.41. The minimum atomic E-state index is -0.299. The first-order chi connectivity index (χ1) is 12.8. The molecule has 2 heterocycles. The van der Waals surface area contributed by atoms with Crippen LogP contribution < -0.4 is 5.32 Å². The van der Waals surface area contributed by atoms with Crippen LogP contribution in [0.2, 0.25) is 0 Å². The van der Waals surface area contributed by atoms with Gasteiger partial charge in [-0.1, -0.05) is 23.9 Å². The van der Waals surface area contributed by atoms with E-state index in [9.17, 15) is 9.59 Å². The number of para-hydroxylation sites is 2. The van der Waals surface area contributed by atoms with Gasteiger partial charge in [-0.3, -0.25) is 9.59 Å². The molecule has 146 valence electrons.